The van der Waals surface area contributed by atoms with Gasteiger partial charge in [0, 0.05) is 32.6 Å². The highest BCUT2D eigenvalue weighted by Gasteiger charge is 2.30. The summed E-state index contributed by atoms with van der Waals surface area (Å²) < 4.78 is 0. The van der Waals surface area contributed by atoms with Gasteiger partial charge in [0.15, 0.2) is 0 Å². The zero-order valence-corrected chi connectivity index (χ0v) is 10.0. The molecule has 16 heavy (non-hydrogen) atoms. The molecule has 0 aliphatic carbocycles. The van der Waals surface area contributed by atoms with Gasteiger partial charge in [-0.25, -0.2) is 5.43 Å². The van der Waals surface area contributed by atoms with Crippen LogP contribution in [0.4, 0.5) is 5.69 Å². The van der Waals surface area contributed by atoms with E-state index in [2.05, 4.69) is 40.6 Å². The third kappa shape index (κ3) is 1.43. The summed E-state index contributed by atoms with van der Waals surface area (Å²) in [5.74, 6) is 0.761. The van der Waals surface area contributed by atoms with Crippen molar-refractivity contribution in [3.05, 3.63) is 29.3 Å². The third-order valence-corrected chi connectivity index (χ3v) is 3.84. The van der Waals surface area contributed by atoms with Crippen LogP contribution in [0.1, 0.15) is 17.0 Å². The molecule has 0 atom stereocenters. The Bertz CT molecular complexity index is 396. The van der Waals surface area contributed by atoms with Crippen molar-refractivity contribution in [1.82, 2.24) is 10.3 Å². The fourth-order valence-corrected chi connectivity index (χ4v) is 2.97. The number of nitrogens with one attached hydrogen (secondary N) is 1. The lowest BCUT2D eigenvalue weighted by Gasteiger charge is -2.37. The van der Waals surface area contributed by atoms with Crippen LogP contribution < -0.4 is 10.4 Å². The van der Waals surface area contributed by atoms with Crippen LogP contribution in [0.15, 0.2) is 18.2 Å². The topological polar surface area (TPSA) is 18.5 Å². The average molecular weight is 217 g/mol. The molecule has 1 saturated heterocycles. The van der Waals surface area contributed by atoms with E-state index in [0.717, 1.165) is 12.5 Å². The number of benzene rings is 1. The summed E-state index contributed by atoms with van der Waals surface area (Å²) in [6.45, 7) is 3.54. The van der Waals surface area contributed by atoms with Crippen molar-refractivity contribution < 1.29 is 0 Å². The number of hydrogen-bond acceptors (Lipinski definition) is 3. The second kappa shape index (κ2) is 3.75. The summed E-state index contributed by atoms with van der Waals surface area (Å²) in [5, 5.41) is 2.25. The molecular weight excluding hydrogens is 198 g/mol. The number of likely N-dealkylation sites (tertiary alicyclic amines) is 1. The molecule has 2 aliphatic heterocycles. The molecular formula is C13H19N3. The van der Waals surface area contributed by atoms with Crippen molar-refractivity contribution in [2.75, 3.05) is 38.7 Å². The molecule has 2 heterocycles. The number of likely N-dealkylation sites (N-methyl/N-ethyl adjacent to an activating group) is 1. The van der Waals surface area contributed by atoms with E-state index in [1.54, 1.807) is 11.1 Å². The van der Waals surface area contributed by atoms with Gasteiger partial charge in [0.05, 0.1) is 5.69 Å². The number of hydrazine groups is 1. The van der Waals surface area contributed by atoms with Gasteiger partial charge in [-0.05, 0) is 30.7 Å². The van der Waals surface area contributed by atoms with Gasteiger partial charge in [-0.1, -0.05) is 12.1 Å². The van der Waals surface area contributed by atoms with E-state index in [-0.39, 0.29) is 0 Å². The maximum Gasteiger partial charge on any atom is 0.0555 e. The summed E-state index contributed by atoms with van der Waals surface area (Å²) >= 11 is 0. The minimum Gasteiger partial charge on any atom is -0.308 e. The highest BCUT2D eigenvalue weighted by Crippen LogP contribution is 2.36. The first kappa shape index (κ1) is 10.1. The zero-order chi connectivity index (χ0) is 11.1. The number of hydrogen-bond donors (Lipinski definition) is 1. The highest BCUT2D eigenvalue weighted by atomic mass is 15.5. The smallest absolute Gasteiger partial charge is 0.0555 e. The van der Waals surface area contributed by atoms with Gasteiger partial charge in [-0.15, -0.1) is 0 Å². The summed E-state index contributed by atoms with van der Waals surface area (Å²) in [6.07, 6.45) is 1.19. The van der Waals surface area contributed by atoms with Gasteiger partial charge in [0.2, 0.25) is 0 Å². The number of fused-ring (bicyclic) bond motifs is 1. The second-order valence-corrected chi connectivity index (χ2v) is 4.89. The van der Waals surface area contributed by atoms with E-state index in [4.69, 9.17) is 0 Å². The molecule has 0 aromatic heterocycles. The first-order valence-corrected chi connectivity index (χ1v) is 6.05. The van der Waals surface area contributed by atoms with Crippen molar-refractivity contribution >= 4 is 5.69 Å². The predicted molar refractivity (Wildman–Crippen MR) is 66.8 cm³/mol. The van der Waals surface area contributed by atoms with Gasteiger partial charge < -0.3 is 9.91 Å². The molecule has 3 rings (SSSR count). The SMILES string of the molecule is CNN1CCc2c(C3CN(C)C3)cccc21. The summed E-state index contributed by atoms with van der Waals surface area (Å²) in [7, 11) is 4.19. The molecule has 1 aromatic carbocycles. The first-order chi connectivity index (χ1) is 7.79. The van der Waals surface area contributed by atoms with Crippen LogP contribution in [0, 0.1) is 0 Å². The number of nitrogens with zero attached hydrogens (tertiary/aromatic N) is 2. The van der Waals surface area contributed by atoms with Crippen molar-refractivity contribution in [2.45, 2.75) is 12.3 Å². The van der Waals surface area contributed by atoms with Crippen LogP contribution in [0.3, 0.4) is 0 Å². The highest BCUT2D eigenvalue weighted by molar-refractivity contribution is 5.61. The molecule has 0 radical (unpaired) electrons. The maximum atomic E-state index is 3.25. The van der Waals surface area contributed by atoms with E-state index >= 15 is 0 Å². The standard InChI is InChI=1S/C13H19N3/c1-14-16-7-6-12-11(4-3-5-13(12)16)10-8-15(2)9-10/h3-5,10,14H,6-9H2,1-2H3. The van der Waals surface area contributed by atoms with E-state index in [0.29, 0.717) is 0 Å². The van der Waals surface area contributed by atoms with Crippen molar-refractivity contribution in [3.63, 3.8) is 0 Å². The molecule has 0 bridgehead atoms. The van der Waals surface area contributed by atoms with E-state index in [9.17, 15) is 0 Å². The molecule has 2 aliphatic rings. The molecule has 86 valence electrons. The lowest BCUT2D eigenvalue weighted by molar-refractivity contribution is 0.189. The molecule has 0 saturated carbocycles. The molecule has 3 nitrogen and oxygen atoms in total. The summed E-state index contributed by atoms with van der Waals surface area (Å²) in [4.78, 5) is 2.38. The van der Waals surface area contributed by atoms with Crippen LogP contribution in [0.5, 0.6) is 0 Å². The van der Waals surface area contributed by atoms with Crippen LogP contribution in [-0.4, -0.2) is 38.6 Å². The average Bonchev–Trinajstić information content (AvgIpc) is 2.67. The van der Waals surface area contributed by atoms with Gasteiger partial charge >= 0.3 is 0 Å². The lowest BCUT2D eigenvalue weighted by atomic mass is 9.87. The third-order valence-electron chi connectivity index (χ3n) is 3.84. The molecule has 0 spiro atoms. The van der Waals surface area contributed by atoms with Gasteiger partial charge in [0.1, 0.15) is 0 Å². The summed E-state index contributed by atoms with van der Waals surface area (Å²) in [5.41, 5.74) is 7.78. The second-order valence-electron chi connectivity index (χ2n) is 4.89. The summed E-state index contributed by atoms with van der Waals surface area (Å²) in [6, 6.07) is 6.74. The number of anilines is 1. The minimum atomic E-state index is 0.761. The Kier molecular flexibility index (Phi) is 2.37. The Balaban J connectivity index is 1.93. The molecule has 1 fully saturated rings. The van der Waals surface area contributed by atoms with E-state index < -0.39 is 0 Å². The quantitative estimate of drug-likeness (QED) is 0.803. The van der Waals surface area contributed by atoms with E-state index in [1.165, 1.54) is 25.2 Å². The molecule has 0 unspecified atom stereocenters. The molecule has 0 amide bonds. The van der Waals surface area contributed by atoms with Crippen molar-refractivity contribution in [2.24, 2.45) is 0 Å². The monoisotopic (exact) mass is 217 g/mol. The maximum absolute atomic E-state index is 3.25. The van der Waals surface area contributed by atoms with Gasteiger partial charge in [0.25, 0.3) is 0 Å². The Labute approximate surface area is 97.0 Å². The fraction of sp³-hybridized carbons (Fsp3) is 0.538. The minimum absolute atomic E-state index is 0.761. The van der Waals surface area contributed by atoms with Crippen LogP contribution in [0.25, 0.3) is 0 Å². The normalized spacial score (nSPS) is 21.0. The Hall–Kier alpha value is -1.06. The van der Waals surface area contributed by atoms with Gasteiger partial charge in [-0.3, -0.25) is 0 Å². The van der Waals surface area contributed by atoms with Crippen LogP contribution in [0.2, 0.25) is 0 Å². The first-order valence-electron chi connectivity index (χ1n) is 6.05. The lowest BCUT2D eigenvalue weighted by Crippen LogP contribution is -2.42. The molecule has 1 N–H and O–H groups in total. The zero-order valence-electron chi connectivity index (χ0n) is 10.0. The number of rotatable bonds is 2. The molecule has 1 aromatic rings. The van der Waals surface area contributed by atoms with Crippen molar-refractivity contribution in [3.8, 4) is 0 Å². The Morgan fingerprint density at radius 2 is 2.12 bits per heavy atom. The molecule has 3 heteroatoms. The van der Waals surface area contributed by atoms with E-state index in [1.807, 2.05) is 7.05 Å². The Morgan fingerprint density at radius 3 is 2.81 bits per heavy atom. The van der Waals surface area contributed by atoms with Crippen molar-refractivity contribution in [1.29, 1.82) is 0 Å². The Morgan fingerprint density at radius 1 is 1.31 bits per heavy atom. The van der Waals surface area contributed by atoms with Crippen LogP contribution in [-0.2, 0) is 6.42 Å². The van der Waals surface area contributed by atoms with Gasteiger partial charge in [-0.2, -0.15) is 0 Å². The fourth-order valence-electron chi connectivity index (χ4n) is 2.97. The van der Waals surface area contributed by atoms with Crippen LogP contribution >= 0.6 is 0 Å². The predicted octanol–water partition coefficient (Wildman–Crippen LogP) is 1.21. The largest absolute Gasteiger partial charge is 0.308 e.